The number of rotatable bonds is 8. The average molecular weight is 443 g/mol. The van der Waals surface area contributed by atoms with Crippen LogP contribution < -0.4 is 5.32 Å². The maximum absolute atomic E-state index is 12.7. The van der Waals surface area contributed by atoms with Crippen LogP contribution in [0.15, 0.2) is 39.6 Å². The summed E-state index contributed by atoms with van der Waals surface area (Å²) in [6.07, 6.45) is -1.16. The van der Waals surface area contributed by atoms with Gasteiger partial charge in [0.05, 0.1) is 15.6 Å². The Balaban J connectivity index is 2.16. The highest BCUT2D eigenvalue weighted by Crippen LogP contribution is 2.27. The van der Waals surface area contributed by atoms with Gasteiger partial charge in [-0.1, -0.05) is 25.4 Å². The fourth-order valence-electron chi connectivity index (χ4n) is 2.52. The van der Waals surface area contributed by atoms with E-state index in [2.05, 4.69) is 5.32 Å². The first-order valence-electron chi connectivity index (χ1n) is 8.98. The molecule has 8 nitrogen and oxygen atoms in total. The number of ether oxygens (including phenoxy) is 1. The molecule has 29 heavy (non-hydrogen) atoms. The number of hydrogen-bond acceptors (Lipinski definition) is 6. The largest absolute Gasteiger partial charge is 0.454 e. The molecule has 1 heterocycles. The Kier molecular flexibility index (Phi) is 7.45. The van der Waals surface area contributed by atoms with Crippen LogP contribution in [0.25, 0.3) is 0 Å². The molecule has 0 saturated carbocycles. The average Bonchev–Trinajstić information content (AvgIpc) is 3.10. The van der Waals surface area contributed by atoms with Crippen molar-refractivity contribution in [2.24, 2.45) is 0 Å². The van der Waals surface area contributed by atoms with E-state index in [4.69, 9.17) is 20.8 Å². The number of furan rings is 1. The summed E-state index contributed by atoms with van der Waals surface area (Å²) < 4.78 is 36.9. The third kappa shape index (κ3) is 5.37. The Labute approximate surface area is 174 Å². The molecule has 0 bridgehead atoms. The van der Waals surface area contributed by atoms with Crippen molar-refractivity contribution < 1.29 is 27.2 Å². The van der Waals surface area contributed by atoms with E-state index in [0.29, 0.717) is 18.8 Å². The van der Waals surface area contributed by atoms with E-state index in [-0.39, 0.29) is 21.4 Å². The minimum absolute atomic E-state index is 0.00314. The Morgan fingerprint density at radius 1 is 1.21 bits per heavy atom. The molecule has 158 valence electrons. The number of nitrogens with zero attached hydrogens (tertiary/aromatic N) is 1. The number of halogens is 1. The third-order valence-corrected chi connectivity index (χ3v) is 6.51. The Morgan fingerprint density at radius 2 is 1.86 bits per heavy atom. The Morgan fingerprint density at radius 3 is 2.41 bits per heavy atom. The normalized spacial score (nSPS) is 12.6. The van der Waals surface area contributed by atoms with Crippen molar-refractivity contribution in [3.8, 4) is 0 Å². The number of aryl methyl sites for hydroxylation is 1. The van der Waals surface area contributed by atoms with E-state index in [1.54, 1.807) is 26.8 Å². The number of carbonyl (C=O) groups excluding carboxylic acids is 2. The fraction of sp³-hybridized carbons (Fsp3) is 0.368. The second-order valence-corrected chi connectivity index (χ2v) is 8.52. The van der Waals surface area contributed by atoms with Crippen molar-refractivity contribution in [3.05, 3.63) is 46.9 Å². The molecule has 1 aromatic heterocycles. The summed E-state index contributed by atoms with van der Waals surface area (Å²) in [4.78, 5) is 24.4. The van der Waals surface area contributed by atoms with Crippen molar-refractivity contribution in [1.29, 1.82) is 0 Å². The second-order valence-electron chi connectivity index (χ2n) is 6.18. The lowest BCUT2D eigenvalue weighted by Gasteiger charge is -2.19. The van der Waals surface area contributed by atoms with Crippen LogP contribution in [-0.4, -0.2) is 43.8 Å². The highest BCUT2D eigenvalue weighted by atomic mass is 35.5. The molecular formula is C19H23ClN2O6S. The predicted octanol–water partition coefficient (Wildman–Crippen LogP) is 3.46. The molecule has 0 aliphatic heterocycles. The molecule has 2 rings (SSSR count). The molecule has 1 aromatic carbocycles. The monoisotopic (exact) mass is 442 g/mol. The zero-order valence-corrected chi connectivity index (χ0v) is 18.1. The first-order chi connectivity index (χ1) is 13.6. The predicted molar refractivity (Wildman–Crippen MR) is 109 cm³/mol. The molecule has 10 heteroatoms. The Bertz CT molecular complexity index is 998. The van der Waals surface area contributed by atoms with Gasteiger partial charge in [-0.05, 0) is 44.2 Å². The number of amides is 1. The molecule has 1 unspecified atom stereocenters. The smallest absolute Gasteiger partial charge is 0.375 e. The van der Waals surface area contributed by atoms with Gasteiger partial charge in [0.1, 0.15) is 5.76 Å². The number of benzene rings is 1. The van der Waals surface area contributed by atoms with Crippen LogP contribution in [0, 0.1) is 6.92 Å². The highest BCUT2D eigenvalue weighted by molar-refractivity contribution is 7.89. The zero-order valence-electron chi connectivity index (χ0n) is 16.6. The minimum atomic E-state index is -3.72. The van der Waals surface area contributed by atoms with E-state index in [0.717, 1.165) is 0 Å². The van der Waals surface area contributed by atoms with Crippen LogP contribution in [0.5, 0.6) is 0 Å². The number of sulfonamides is 1. The summed E-state index contributed by atoms with van der Waals surface area (Å²) in [6.45, 7) is 7.14. The molecule has 0 radical (unpaired) electrons. The van der Waals surface area contributed by atoms with Crippen LogP contribution in [0.3, 0.4) is 0 Å². The molecule has 1 amide bonds. The molecule has 0 aliphatic rings. The van der Waals surface area contributed by atoms with Gasteiger partial charge >= 0.3 is 5.97 Å². The summed E-state index contributed by atoms with van der Waals surface area (Å²) in [5, 5.41) is 2.65. The van der Waals surface area contributed by atoms with Crippen molar-refractivity contribution >= 4 is 39.2 Å². The van der Waals surface area contributed by atoms with Crippen LogP contribution in [0.4, 0.5) is 5.69 Å². The van der Waals surface area contributed by atoms with Crippen LogP contribution in [0.1, 0.15) is 37.1 Å². The summed E-state index contributed by atoms with van der Waals surface area (Å²) in [5.41, 5.74) is 0.0987. The lowest BCUT2D eigenvalue weighted by Crippen LogP contribution is -2.31. The van der Waals surface area contributed by atoms with E-state index in [1.807, 2.05) is 0 Å². The SMILES string of the molecule is CCN(CC)S(=O)(=O)c1ccc(Cl)c(NC(=O)C(C)OC(=O)c2ccc(C)o2)c1. The van der Waals surface area contributed by atoms with Crippen molar-refractivity contribution in [2.45, 2.75) is 38.7 Å². The van der Waals surface area contributed by atoms with Gasteiger partial charge in [0.2, 0.25) is 15.8 Å². The van der Waals surface area contributed by atoms with Gasteiger partial charge in [0.25, 0.3) is 5.91 Å². The number of hydrogen-bond donors (Lipinski definition) is 1. The van der Waals surface area contributed by atoms with Gasteiger partial charge in [-0.3, -0.25) is 4.79 Å². The fourth-order valence-corrected chi connectivity index (χ4v) is 4.17. The van der Waals surface area contributed by atoms with Gasteiger partial charge in [-0.25, -0.2) is 13.2 Å². The zero-order chi connectivity index (χ0) is 21.8. The minimum Gasteiger partial charge on any atom is -0.454 e. The lowest BCUT2D eigenvalue weighted by molar-refractivity contribution is -0.123. The second kappa shape index (κ2) is 9.43. The molecule has 0 saturated heterocycles. The number of anilines is 1. The van der Waals surface area contributed by atoms with Crippen LogP contribution in [0.2, 0.25) is 5.02 Å². The summed E-state index contributed by atoms with van der Waals surface area (Å²) >= 11 is 6.10. The van der Waals surface area contributed by atoms with E-state index < -0.39 is 28.0 Å². The van der Waals surface area contributed by atoms with Crippen LogP contribution in [-0.2, 0) is 19.6 Å². The number of nitrogens with one attached hydrogen (secondary N) is 1. The quantitative estimate of drug-likeness (QED) is 0.627. The molecule has 0 spiro atoms. The Hall–Kier alpha value is -2.36. The van der Waals surface area contributed by atoms with Crippen molar-refractivity contribution in [2.75, 3.05) is 18.4 Å². The summed E-state index contributed by atoms with van der Waals surface area (Å²) in [6, 6.07) is 7.08. The number of esters is 1. The van der Waals surface area contributed by atoms with Gasteiger partial charge in [0, 0.05) is 13.1 Å². The van der Waals surface area contributed by atoms with E-state index in [9.17, 15) is 18.0 Å². The van der Waals surface area contributed by atoms with E-state index >= 15 is 0 Å². The molecule has 0 aliphatic carbocycles. The van der Waals surface area contributed by atoms with Gasteiger partial charge in [0.15, 0.2) is 6.10 Å². The topological polar surface area (TPSA) is 106 Å². The lowest BCUT2D eigenvalue weighted by atomic mass is 10.3. The molecule has 1 atom stereocenters. The summed E-state index contributed by atoms with van der Waals surface area (Å²) in [7, 11) is -3.72. The van der Waals surface area contributed by atoms with Gasteiger partial charge < -0.3 is 14.5 Å². The first kappa shape index (κ1) is 22.9. The third-order valence-electron chi connectivity index (χ3n) is 4.13. The maximum atomic E-state index is 12.7. The first-order valence-corrected chi connectivity index (χ1v) is 10.8. The molecule has 2 aromatic rings. The van der Waals surface area contributed by atoms with Crippen molar-refractivity contribution in [3.63, 3.8) is 0 Å². The maximum Gasteiger partial charge on any atom is 0.375 e. The summed E-state index contributed by atoms with van der Waals surface area (Å²) in [5.74, 6) is -0.940. The molecule has 1 N–H and O–H groups in total. The highest BCUT2D eigenvalue weighted by Gasteiger charge is 2.25. The number of carbonyl (C=O) groups is 2. The molecule has 0 fully saturated rings. The van der Waals surface area contributed by atoms with Gasteiger partial charge in [-0.15, -0.1) is 0 Å². The van der Waals surface area contributed by atoms with Crippen LogP contribution >= 0.6 is 11.6 Å². The van der Waals surface area contributed by atoms with Crippen molar-refractivity contribution in [1.82, 2.24) is 4.31 Å². The van der Waals surface area contributed by atoms with Gasteiger partial charge in [-0.2, -0.15) is 4.31 Å². The van der Waals surface area contributed by atoms with E-state index in [1.165, 1.54) is 35.5 Å². The molecular weight excluding hydrogens is 420 g/mol. The standard InChI is InChI=1S/C19H23ClN2O6S/c1-5-22(6-2)29(25,26)14-8-9-15(20)16(11-14)21-18(23)13(4)28-19(24)17-10-7-12(3)27-17/h7-11,13H,5-6H2,1-4H3,(H,21,23).